The molecule has 114 valence electrons. The van der Waals surface area contributed by atoms with E-state index in [9.17, 15) is 13.2 Å². The van der Waals surface area contributed by atoms with E-state index < -0.39 is 17.5 Å². The summed E-state index contributed by atoms with van der Waals surface area (Å²) in [5, 5.41) is 0. The van der Waals surface area contributed by atoms with Gasteiger partial charge in [-0.2, -0.15) is 0 Å². The SMILES string of the molecule is CC(C)=C/C=C/C1CCC(c2cc(F)c(F)c(F)c2)CC1. The first-order valence-corrected chi connectivity index (χ1v) is 7.43. The van der Waals surface area contributed by atoms with E-state index >= 15 is 0 Å². The van der Waals surface area contributed by atoms with Gasteiger partial charge in [0.05, 0.1) is 0 Å². The highest BCUT2D eigenvalue weighted by Gasteiger charge is 2.23. The summed E-state index contributed by atoms with van der Waals surface area (Å²) in [7, 11) is 0. The van der Waals surface area contributed by atoms with Gasteiger partial charge in [0, 0.05) is 0 Å². The van der Waals surface area contributed by atoms with Gasteiger partial charge in [0.25, 0.3) is 0 Å². The molecule has 3 heteroatoms. The summed E-state index contributed by atoms with van der Waals surface area (Å²) < 4.78 is 39.5. The second kappa shape index (κ2) is 6.97. The van der Waals surface area contributed by atoms with Crippen LogP contribution in [-0.2, 0) is 0 Å². The molecule has 0 radical (unpaired) electrons. The van der Waals surface area contributed by atoms with E-state index in [0.29, 0.717) is 11.5 Å². The van der Waals surface area contributed by atoms with Crippen molar-refractivity contribution in [1.29, 1.82) is 0 Å². The lowest BCUT2D eigenvalue weighted by atomic mass is 9.78. The molecule has 0 aromatic heterocycles. The van der Waals surface area contributed by atoms with Crippen LogP contribution < -0.4 is 0 Å². The highest BCUT2D eigenvalue weighted by molar-refractivity contribution is 5.24. The Balaban J connectivity index is 1.98. The Morgan fingerprint density at radius 3 is 2.10 bits per heavy atom. The Kier molecular flexibility index (Phi) is 5.27. The minimum absolute atomic E-state index is 0.128. The minimum Gasteiger partial charge on any atom is -0.204 e. The molecule has 1 aliphatic rings. The van der Waals surface area contributed by atoms with Crippen molar-refractivity contribution in [3.05, 3.63) is 58.9 Å². The number of allylic oxidation sites excluding steroid dienone is 4. The lowest BCUT2D eigenvalue weighted by Gasteiger charge is -2.27. The molecular weight excluding hydrogens is 273 g/mol. The van der Waals surface area contributed by atoms with E-state index in [0.717, 1.165) is 37.8 Å². The molecule has 0 N–H and O–H groups in total. The van der Waals surface area contributed by atoms with Crippen LogP contribution in [0.5, 0.6) is 0 Å². The zero-order chi connectivity index (χ0) is 15.4. The number of hydrogen-bond acceptors (Lipinski definition) is 0. The van der Waals surface area contributed by atoms with Crippen molar-refractivity contribution in [2.75, 3.05) is 0 Å². The van der Waals surface area contributed by atoms with Crippen LogP contribution in [-0.4, -0.2) is 0 Å². The average molecular weight is 294 g/mol. The van der Waals surface area contributed by atoms with Crippen LogP contribution in [0.15, 0.2) is 35.9 Å². The lowest BCUT2D eigenvalue weighted by Crippen LogP contribution is -2.12. The quantitative estimate of drug-likeness (QED) is 0.481. The lowest BCUT2D eigenvalue weighted by molar-refractivity contribution is 0.371. The van der Waals surface area contributed by atoms with Gasteiger partial charge < -0.3 is 0 Å². The first-order valence-electron chi connectivity index (χ1n) is 7.43. The number of rotatable bonds is 3. The molecule has 1 saturated carbocycles. The number of benzene rings is 1. The van der Waals surface area contributed by atoms with Crippen LogP contribution in [0.2, 0.25) is 0 Å². The van der Waals surface area contributed by atoms with Gasteiger partial charge in [-0.15, -0.1) is 0 Å². The third-order valence-corrected chi connectivity index (χ3v) is 4.06. The summed E-state index contributed by atoms with van der Waals surface area (Å²) in [5.74, 6) is -2.90. The molecule has 0 bridgehead atoms. The monoisotopic (exact) mass is 294 g/mol. The maximum atomic E-state index is 13.3. The van der Waals surface area contributed by atoms with Crippen molar-refractivity contribution >= 4 is 0 Å². The summed E-state index contributed by atoms with van der Waals surface area (Å²) in [6, 6.07) is 2.28. The van der Waals surface area contributed by atoms with Crippen LogP contribution in [0, 0.1) is 23.4 Å². The number of halogens is 3. The summed E-state index contributed by atoms with van der Waals surface area (Å²) in [6.07, 6.45) is 10.1. The molecule has 0 aliphatic heterocycles. The average Bonchev–Trinajstić information content (AvgIpc) is 2.44. The van der Waals surface area contributed by atoms with Gasteiger partial charge in [-0.1, -0.05) is 23.8 Å². The van der Waals surface area contributed by atoms with E-state index in [1.807, 2.05) is 0 Å². The standard InChI is InChI=1S/C18H21F3/c1-12(2)4-3-5-13-6-8-14(9-7-13)15-10-16(19)18(21)17(20)11-15/h3-5,10-11,13-14H,6-9H2,1-2H3/b5-3+. The smallest absolute Gasteiger partial charge is 0.194 e. The highest BCUT2D eigenvalue weighted by atomic mass is 19.2. The Morgan fingerprint density at radius 1 is 1.00 bits per heavy atom. The normalized spacial score (nSPS) is 22.5. The van der Waals surface area contributed by atoms with Crippen molar-refractivity contribution in [2.24, 2.45) is 5.92 Å². The molecule has 1 aromatic rings. The van der Waals surface area contributed by atoms with Crippen molar-refractivity contribution in [1.82, 2.24) is 0 Å². The molecule has 0 spiro atoms. The molecule has 1 fully saturated rings. The maximum absolute atomic E-state index is 13.3. The van der Waals surface area contributed by atoms with Gasteiger partial charge in [-0.3, -0.25) is 0 Å². The van der Waals surface area contributed by atoms with Gasteiger partial charge in [-0.05, 0) is 69.1 Å². The molecule has 0 heterocycles. The number of hydrogen-bond donors (Lipinski definition) is 0. The second-order valence-electron chi connectivity index (χ2n) is 6.04. The van der Waals surface area contributed by atoms with E-state index in [1.54, 1.807) is 0 Å². The van der Waals surface area contributed by atoms with Crippen LogP contribution >= 0.6 is 0 Å². The third-order valence-electron chi connectivity index (χ3n) is 4.06. The molecule has 1 aromatic carbocycles. The Morgan fingerprint density at radius 2 is 1.57 bits per heavy atom. The van der Waals surface area contributed by atoms with Gasteiger partial charge in [0.15, 0.2) is 17.5 Å². The van der Waals surface area contributed by atoms with Gasteiger partial charge >= 0.3 is 0 Å². The van der Waals surface area contributed by atoms with E-state index in [-0.39, 0.29) is 5.92 Å². The van der Waals surface area contributed by atoms with Crippen LogP contribution in [0.4, 0.5) is 13.2 Å². The fraction of sp³-hybridized carbons (Fsp3) is 0.444. The minimum atomic E-state index is -1.38. The predicted octanol–water partition coefficient (Wildman–Crippen LogP) is 5.90. The topological polar surface area (TPSA) is 0 Å². The van der Waals surface area contributed by atoms with Crippen molar-refractivity contribution in [2.45, 2.75) is 45.4 Å². The second-order valence-corrected chi connectivity index (χ2v) is 6.04. The van der Waals surface area contributed by atoms with Crippen LogP contribution in [0.3, 0.4) is 0 Å². The predicted molar refractivity (Wildman–Crippen MR) is 79.6 cm³/mol. The van der Waals surface area contributed by atoms with E-state index in [1.165, 1.54) is 5.57 Å². The molecule has 21 heavy (non-hydrogen) atoms. The Labute approximate surface area is 124 Å². The first-order chi connectivity index (χ1) is 9.97. The summed E-state index contributed by atoms with van der Waals surface area (Å²) in [6.45, 7) is 4.11. The zero-order valence-electron chi connectivity index (χ0n) is 12.5. The van der Waals surface area contributed by atoms with Crippen LogP contribution in [0.1, 0.15) is 51.0 Å². The van der Waals surface area contributed by atoms with Gasteiger partial charge in [0.2, 0.25) is 0 Å². The Bertz CT molecular complexity index is 523. The third kappa shape index (κ3) is 4.23. The van der Waals surface area contributed by atoms with Gasteiger partial charge in [-0.25, -0.2) is 13.2 Å². The Hall–Kier alpha value is -1.51. The summed E-state index contributed by atoms with van der Waals surface area (Å²) in [5.41, 5.74) is 1.84. The van der Waals surface area contributed by atoms with Crippen molar-refractivity contribution < 1.29 is 13.2 Å². The molecular formula is C18H21F3. The van der Waals surface area contributed by atoms with Crippen LogP contribution in [0.25, 0.3) is 0 Å². The maximum Gasteiger partial charge on any atom is 0.194 e. The van der Waals surface area contributed by atoms with Gasteiger partial charge in [0.1, 0.15) is 0 Å². The fourth-order valence-electron chi connectivity index (χ4n) is 2.86. The van der Waals surface area contributed by atoms with Crippen molar-refractivity contribution in [3.8, 4) is 0 Å². The molecule has 2 rings (SSSR count). The largest absolute Gasteiger partial charge is 0.204 e. The summed E-state index contributed by atoms with van der Waals surface area (Å²) in [4.78, 5) is 0. The fourth-order valence-corrected chi connectivity index (χ4v) is 2.86. The molecule has 0 saturated heterocycles. The van der Waals surface area contributed by atoms with E-state index in [2.05, 4.69) is 32.1 Å². The summed E-state index contributed by atoms with van der Waals surface area (Å²) >= 11 is 0. The zero-order valence-corrected chi connectivity index (χ0v) is 12.5. The highest BCUT2D eigenvalue weighted by Crippen LogP contribution is 2.37. The molecule has 0 amide bonds. The molecule has 1 aliphatic carbocycles. The molecule has 0 nitrogen and oxygen atoms in total. The van der Waals surface area contributed by atoms with E-state index in [4.69, 9.17) is 0 Å². The molecule has 0 atom stereocenters. The first kappa shape index (κ1) is 15.9. The molecule has 0 unspecified atom stereocenters. The van der Waals surface area contributed by atoms with Crippen molar-refractivity contribution in [3.63, 3.8) is 0 Å².